The van der Waals surface area contributed by atoms with Crippen LogP contribution in [0.25, 0.3) is 0 Å². The Morgan fingerprint density at radius 3 is 2.72 bits per heavy atom. The smallest absolute Gasteiger partial charge is 0.197 e. The normalized spacial score (nSPS) is 10.8. The Morgan fingerprint density at radius 2 is 2.06 bits per heavy atom. The van der Waals surface area contributed by atoms with Crippen molar-refractivity contribution in [2.24, 2.45) is 0 Å². The first-order valence-electron chi connectivity index (χ1n) is 5.13. The number of hydrogen-bond acceptors (Lipinski definition) is 3. The van der Waals surface area contributed by atoms with E-state index in [0.29, 0.717) is 10.6 Å². The van der Waals surface area contributed by atoms with Gasteiger partial charge in [0.1, 0.15) is 0 Å². The Hall–Kier alpha value is -2.01. The minimum absolute atomic E-state index is 0.139. The molecule has 1 N–H and O–H groups in total. The Balaban J connectivity index is 1.99. The largest absolute Gasteiger partial charge is 0.361 e. The van der Waals surface area contributed by atoms with Gasteiger partial charge in [-0.2, -0.15) is 0 Å². The topological polar surface area (TPSA) is 29.1 Å². The van der Waals surface area contributed by atoms with Gasteiger partial charge in [-0.3, -0.25) is 4.79 Å². The molecular formula is C13H9F2NOS. The number of thiophene rings is 1. The van der Waals surface area contributed by atoms with Crippen molar-refractivity contribution in [3.05, 3.63) is 64.5 Å². The number of benzene rings is 1. The van der Waals surface area contributed by atoms with Gasteiger partial charge in [0.2, 0.25) is 0 Å². The van der Waals surface area contributed by atoms with Gasteiger partial charge < -0.3 is 5.32 Å². The zero-order valence-electron chi connectivity index (χ0n) is 9.19. The van der Waals surface area contributed by atoms with Gasteiger partial charge >= 0.3 is 0 Å². The Bertz CT molecular complexity index is 579. The molecule has 2 nitrogen and oxygen atoms in total. The lowest BCUT2D eigenvalue weighted by molar-refractivity contribution is 0.105. The predicted molar refractivity (Wildman–Crippen MR) is 67.8 cm³/mol. The van der Waals surface area contributed by atoms with Crippen LogP contribution in [0.4, 0.5) is 14.5 Å². The fraction of sp³-hybridized carbons (Fsp3) is 0. The first-order chi connectivity index (χ1) is 8.66. The number of allylic oxidation sites excluding steroid dienone is 1. The van der Waals surface area contributed by atoms with Crippen LogP contribution in [0.15, 0.2) is 48.0 Å². The van der Waals surface area contributed by atoms with Gasteiger partial charge in [0.05, 0.1) is 4.88 Å². The molecular weight excluding hydrogens is 256 g/mol. The number of rotatable bonds is 4. The molecule has 92 valence electrons. The van der Waals surface area contributed by atoms with Crippen molar-refractivity contribution in [2.75, 3.05) is 5.32 Å². The van der Waals surface area contributed by atoms with Crippen LogP contribution in [-0.4, -0.2) is 5.78 Å². The molecule has 1 aromatic heterocycles. The summed E-state index contributed by atoms with van der Waals surface area (Å²) in [6.07, 6.45) is 2.74. The maximum Gasteiger partial charge on any atom is 0.197 e. The molecule has 1 heterocycles. The average Bonchev–Trinajstić information content (AvgIpc) is 2.87. The molecule has 1 aromatic carbocycles. The third-order valence-corrected chi connectivity index (χ3v) is 3.05. The maximum absolute atomic E-state index is 12.9. The van der Waals surface area contributed by atoms with Crippen molar-refractivity contribution in [2.45, 2.75) is 0 Å². The number of hydrogen-bond donors (Lipinski definition) is 1. The summed E-state index contributed by atoms with van der Waals surface area (Å²) in [5.74, 6) is -1.97. The minimum Gasteiger partial charge on any atom is -0.361 e. The Kier molecular flexibility index (Phi) is 3.84. The number of nitrogens with one attached hydrogen (secondary N) is 1. The van der Waals surface area contributed by atoms with E-state index in [9.17, 15) is 13.6 Å². The molecule has 0 radical (unpaired) electrons. The number of carbonyl (C=O) groups excluding carboxylic acids is 1. The zero-order chi connectivity index (χ0) is 13.0. The number of ketones is 1. The highest BCUT2D eigenvalue weighted by Gasteiger charge is 2.02. The average molecular weight is 265 g/mol. The van der Waals surface area contributed by atoms with Crippen molar-refractivity contribution in [1.82, 2.24) is 0 Å². The SMILES string of the molecule is O=C(/C=C/Nc1ccc(F)c(F)c1)c1cccs1. The van der Waals surface area contributed by atoms with E-state index in [2.05, 4.69) is 5.32 Å². The molecule has 0 fully saturated rings. The molecule has 0 aliphatic rings. The van der Waals surface area contributed by atoms with Gasteiger partial charge in [0.25, 0.3) is 0 Å². The summed E-state index contributed by atoms with van der Waals surface area (Å²) >= 11 is 1.34. The molecule has 0 aliphatic heterocycles. The number of carbonyl (C=O) groups is 1. The fourth-order valence-electron chi connectivity index (χ4n) is 1.30. The molecule has 0 atom stereocenters. The highest BCUT2D eigenvalue weighted by atomic mass is 32.1. The molecule has 5 heteroatoms. The van der Waals surface area contributed by atoms with E-state index in [1.54, 1.807) is 12.1 Å². The van der Waals surface area contributed by atoms with Crippen LogP contribution >= 0.6 is 11.3 Å². The molecule has 0 aliphatic carbocycles. The second-order valence-corrected chi connectivity index (χ2v) is 4.40. The van der Waals surface area contributed by atoms with Crippen LogP contribution in [0.1, 0.15) is 9.67 Å². The molecule has 18 heavy (non-hydrogen) atoms. The maximum atomic E-state index is 12.9. The lowest BCUT2D eigenvalue weighted by atomic mass is 10.3. The highest BCUT2D eigenvalue weighted by Crippen LogP contribution is 2.13. The summed E-state index contributed by atoms with van der Waals surface area (Å²) in [6.45, 7) is 0. The van der Waals surface area contributed by atoms with E-state index >= 15 is 0 Å². The van der Waals surface area contributed by atoms with E-state index in [1.165, 1.54) is 29.7 Å². The molecule has 0 saturated carbocycles. The molecule has 0 bridgehead atoms. The van der Waals surface area contributed by atoms with Crippen LogP contribution in [-0.2, 0) is 0 Å². The fourth-order valence-corrected chi connectivity index (χ4v) is 1.95. The standard InChI is InChI=1S/C13H9F2NOS/c14-10-4-3-9(8-11(10)15)16-6-5-12(17)13-2-1-7-18-13/h1-8,16H/b6-5+. The zero-order valence-corrected chi connectivity index (χ0v) is 10.0. The van der Waals surface area contributed by atoms with Crippen molar-refractivity contribution in [1.29, 1.82) is 0 Å². The summed E-state index contributed by atoms with van der Waals surface area (Å²) < 4.78 is 25.5. The molecule has 0 spiro atoms. The van der Waals surface area contributed by atoms with Crippen molar-refractivity contribution in [3.63, 3.8) is 0 Å². The summed E-state index contributed by atoms with van der Waals surface area (Å²) in [4.78, 5) is 12.2. The third-order valence-electron chi connectivity index (χ3n) is 2.17. The quantitative estimate of drug-likeness (QED) is 0.672. The van der Waals surface area contributed by atoms with Gasteiger partial charge in [0.15, 0.2) is 17.4 Å². The second kappa shape index (κ2) is 5.55. The van der Waals surface area contributed by atoms with Gasteiger partial charge in [-0.05, 0) is 23.6 Å². The molecule has 2 aromatic rings. The third kappa shape index (κ3) is 3.01. The summed E-state index contributed by atoms with van der Waals surface area (Å²) in [5.41, 5.74) is 0.379. The summed E-state index contributed by atoms with van der Waals surface area (Å²) in [5, 5.41) is 4.51. The van der Waals surface area contributed by atoms with E-state index in [4.69, 9.17) is 0 Å². The van der Waals surface area contributed by atoms with E-state index in [1.807, 2.05) is 5.38 Å². The molecule has 0 unspecified atom stereocenters. The minimum atomic E-state index is -0.932. The van der Waals surface area contributed by atoms with E-state index < -0.39 is 11.6 Å². The van der Waals surface area contributed by atoms with Gasteiger partial charge in [-0.25, -0.2) is 8.78 Å². The van der Waals surface area contributed by atoms with E-state index in [0.717, 1.165) is 12.1 Å². The van der Waals surface area contributed by atoms with Crippen LogP contribution < -0.4 is 5.32 Å². The van der Waals surface area contributed by atoms with Crippen LogP contribution in [0.3, 0.4) is 0 Å². The number of anilines is 1. The first kappa shape index (κ1) is 12.4. The summed E-state index contributed by atoms with van der Waals surface area (Å²) in [7, 11) is 0. The second-order valence-electron chi connectivity index (χ2n) is 3.45. The number of halogens is 2. The van der Waals surface area contributed by atoms with Gasteiger partial charge in [0, 0.05) is 24.0 Å². The highest BCUT2D eigenvalue weighted by molar-refractivity contribution is 7.12. The predicted octanol–water partition coefficient (Wildman–Crippen LogP) is 3.83. The Labute approximate surface area is 107 Å². The van der Waals surface area contributed by atoms with Crippen LogP contribution in [0, 0.1) is 11.6 Å². The first-order valence-corrected chi connectivity index (χ1v) is 6.01. The molecule has 2 rings (SSSR count). The van der Waals surface area contributed by atoms with Gasteiger partial charge in [-0.15, -0.1) is 11.3 Å². The molecule has 0 amide bonds. The van der Waals surface area contributed by atoms with Crippen molar-refractivity contribution < 1.29 is 13.6 Å². The Morgan fingerprint density at radius 1 is 1.22 bits per heavy atom. The van der Waals surface area contributed by atoms with E-state index in [-0.39, 0.29) is 5.78 Å². The lowest BCUT2D eigenvalue weighted by Crippen LogP contribution is -1.94. The lowest BCUT2D eigenvalue weighted by Gasteiger charge is -2.00. The monoisotopic (exact) mass is 265 g/mol. The van der Waals surface area contributed by atoms with Gasteiger partial charge in [-0.1, -0.05) is 6.07 Å². The van der Waals surface area contributed by atoms with Crippen LogP contribution in [0.2, 0.25) is 0 Å². The van der Waals surface area contributed by atoms with Crippen molar-refractivity contribution in [3.8, 4) is 0 Å². The summed E-state index contributed by atoms with van der Waals surface area (Å²) in [6, 6.07) is 6.93. The molecule has 0 saturated heterocycles. The van der Waals surface area contributed by atoms with Crippen molar-refractivity contribution >= 4 is 22.8 Å². The van der Waals surface area contributed by atoms with Crippen LogP contribution in [0.5, 0.6) is 0 Å².